The first kappa shape index (κ1) is 15.3. The van der Waals surface area contributed by atoms with Gasteiger partial charge in [0.15, 0.2) is 0 Å². The minimum Gasteiger partial charge on any atom is -0.480 e. The zero-order valence-electron chi connectivity index (χ0n) is 12.4. The van der Waals surface area contributed by atoms with Gasteiger partial charge in [-0.15, -0.1) is 0 Å². The van der Waals surface area contributed by atoms with Crippen molar-refractivity contribution in [3.63, 3.8) is 0 Å². The minimum absolute atomic E-state index is 0.196. The molecule has 1 aromatic heterocycles. The van der Waals surface area contributed by atoms with Crippen LogP contribution in [0.4, 0.5) is 4.79 Å². The molecule has 21 heavy (non-hydrogen) atoms. The van der Waals surface area contributed by atoms with Crippen LogP contribution in [0.2, 0.25) is 0 Å². The number of H-pyrrole nitrogens is 1. The van der Waals surface area contributed by atoms with Gasteiger partial charge in [-0.05, 0) is 18.8 Å². The second-order valence-electron chi connectivity index (χ2n) is 5.90. The van der Waals surface area contributed by atoms with Gasteiger partial charge in [0.1, 0.15) is 6.04 Å². The fourth-order valence-electron chi connectivity index (χ4n) is 2.23. The van der Waals surface area contributed by atoms with Gasteiger partial charge in [0, 0.05) is 30.9 Å². The molecule has 1 aromatic rings. The van der Waals surface area contributed by atoms with Gasteiger partial charge in [-0.3, -0.25) is 0 Å². The van der Waals surface area contributed by atoms with E-state index in [0.717, 1.165) is 12.8 Å². The van der Waals surface area contributed by atoms with E-state index in [2.05, 4.69) is 15.3 Å². The number of aliphatic carboxylic acids is 1. The van der Waals surface area contributed by atoms with Crippen LogP contribution in [0.1, 0.15) is 32.4 Å². The molecule has 7 nitrogen and oxygen atoms in total. The lowest BCUT2D eigenvalue weighted by atomic mass is 10.1. The molecule has 0 aliphatic heterocycles. The number of carboxylic acid groups (broad SMARTS) is 1. The second kappa shape index (κ2) is 6.60. The van der Waals surface area contributed by atoms with Crippen molar-refractivity contribution in [2.75, 3.05) is 6.54 Å². The molecule has 0 spiro atoms. The number of urea groups is 1. The Morgan fingerprint density at radius 3 is 2.71 bits per heavy atom. The van der Waals surface area contributed by atoms with E-state index < -0.39 is 12.0 Å². The third-order valence-corrected chi connectivity index (χ3v) is 3.39. The smallest absolute Gasteiger partial charge is 0.326 e. The molecule has 0 unspecified atom stereocenters. The Morgan fingerprint density at radius 2 is 2.24 bits per heavy atom. The number of aromatic amines is 1. The number of rotatable bonds is 7. The molecule has 1 saturated carbocycles. The topological polar surface area (TPSA) is 98.3 Å². The van der Waals surface area contributed by atoms with Crippen LogP contribution in [0.3, 0.4) is 0 Å². The van der Waals surface area contributed by atoms with Crippen molar-refractivity contribution >= 4 is 12.0 Å². The van der Waals surface area contributed by atoms with E-state index >= 15 is 0 Å². The highest BCUT2D eigenvalue weighted by Gasteiger charge is 2.34. The molecule has 1 aliphatic carbocycles. The molecule has 0 aromatic carbocycles. The van der Waals surface area contributed by atoms with Crippen molar-refractivity contribution in [1.82, 2.24) is 20.2 Å². The summed E-state index contributed by atoms with van der Waals surface area (Å²) in [4.78, 5) is 32.1. The fraction of sp³-hybridized carbons (Fsp3) is 0.643. The van der Waals surface area contributed by atoms with Gasteiger partial charge in [-0.25, -0.2) is 14.6 Å². The Labute approximate surface area is 123 Å². The first-order valence-electron chi connectivity index (χ1n) is 7.24. The van der Waals surface area contributed by atoms with Crippen LogP contribution in [0.25, 0.3) is 0 Å². The van der Waals surface area contributed by atoms with E-state index in [4.69, 9.17) is 0 Å². The molecular formula is C14H22N4O3. The molecule has 1 atom stereocenters. The number of aromatic nitrogens is 2. The molecule has 1 aliphatic rings. The van der Waals surface area contributed by atoms with Crippen molar-refractivity contribution in [3.05, 3.63) is 18.2 Å². The van der Waals surface area contributed by atoms with E-state index in [-0.39, 0.29) is 18.5 Å². The molecular weight excluding hydrogens is 272 g/mol. The van der Waals surface area contributed by atoms with Crippen LogP contribution in [-0.4, -0.2) is 50.6 Å². The zero-order chi connectivity index (χ0) is 15.4. The number of imidazole rings is 1. The van der Waals surface area contributed by atoms with E-state index in [1.807, 2.05) is 13.8 Å². The Balaban J connectivity index is 1.97. The third kappa shape index (κ3) is 4.47. The van der Waals surface area contributed by atoms with Crippen LogP contribution in [0.15, 0.2) is 12.5 Å². The summed E-state index contributed by atoms with van der Waals surface area (Å²) in [5.41, 5.74) is 0.685. The predicted molar refractivity (Wildman–Crippen MR) is 76.8 cm³/mol. The SMILES string of the molecule is CC(C)CN(C(=O)N[C@H](Cc1cnc[nH]1)C(=O)O)C1CC1. The second-order valence-corrected chi connectivity index (χ2v) is 5.90. The van der Waals surface area contributed by atoms with Gasteiger partial charge in [0.25, 0.3) is 0 Å². The Bertz CT molecular complexity index is 482. The van der Waals surface area contributed by atoms with Gasteiger partial charge in [0.2, 0.25) is 0 Å². The summed E-state index contributed by atoms with van der Waals surface area (Å²) in [5.74, 6) is -0.689. The van der Waals surface area contributed by atoms with E-state index in [9.17, 15) is 14.7 Å². The fourth-order valence-corrected chi connectivity index (χ4v) is 2.23. The van der Waals surface area contributed by atoms with Gasteiger partial charge in [0.05, 0.1) is 6.33 Å². The first-order valence-corrected chi connectivity index (χ1v) is 7.24. The number of hydrogen-bond donors (Lipinski definition) is 3. The molecule has 1 fully saturated rings. The van der Waals surface area contributed by atoms with Gasteiger partial charge in [-0.1, -0.05) is 13.8 Å². The summed E-state index contributed by atoms with van der Waals surface area (Å²) in [7, 11) is 0. The lowest BCUT2D eigenvalue weighted by Gasteiger charge is -2.26. The molecule has 0 saturated heterocycles. The lowest BCUT2D eigenvalue weighted by molar-refractivity contribution is -0.139. The van der Waals surface area contributed by atoms with Crippen molar-refractivity contribution in [3.8, 4) is 0 Å². The highest BCUT2D eigenvalue weighted by molar-refractivity contribution is 5.83. The van der Waals surface area contributed by atoms with Gasteiger partial charge >= 0.3 is 12.0 Å². The number of nitrogens with one attached hydrogen (secondary N) is 2. The first-order chi connectivity index (χ1) is 9.97. The quantitative estimate of drug-likeness (QED) is 0.704. The number of carboxylic acids is 1. The van der Waals surface area contributed by atoms with Crippen molar-refractivity contribution in [1.29, 1.82) is 0 Å². The average molecular weight is 294 g/mol. The maximum absolute atomic E-state index is 12.3. The Kier molecular flexibility index (Phi) is 4.82. The number of amides is 2. The molecule has 0 bridgehead atoms. The van der Waals surface area contributed by atoms with Crippen LogP contribution >= 0.6 is 0 Å². The highest BCUT2D eigenvalue weighted by Crippen LogP contribution is 2.27. The normalized spacial score (nSPS) is 15.8. The summed E-state index contributed by atoms with van der Waals surface area (Å²) < 4.78 is 0. The minimum atomic E-state index is -1.04. The van der Waals surface area contributed by atoms with E-state index in [1.165, 1.54) is 6.33 Å². The largest absolute Gasteiger partial charge is 0.480 e. The molecule has 7 heteroatoms. The van der Waals surface area contributed by atoms with Crippen LogP contribution in [-0.2, 0) is 11.2 Å². The Hall–Kier alpha value is -2.05. The summed E-state index contributed by atoms with van der Waals surface area (Å²) in [6, 6.07) is -0.988. The van der Waals surface area contributed by atoms with E-state index in [1.54, 1.807) is 11.1 Å². The molecule has 0 radical (unpaired) electrons. The molecule has 2 amide bonds. The lowest BCUT2D eigenvalue weighted by Crippen LogP contribution is -2.50. The standard InChI is InChI=1S/C14H22N4O3/c1-9(2)7-18(11-3-4-11)14(21)17-12(13(19)20)5-10-6-15-8-16-10/h6,8-9,11-12H,3-5,7H2,1-2H3,(H,15,16)(H,17,21)(H,19,20)/t12-/m1/s1. The molecule has 2 rings (SSSR count). The van der Waals surface area contributed by atoms with Gasteiger partial charge in [-0.2, -0.15) is 0 Å². The highest BCUT2D eigenvalue weighted by atomic mass is 16.4. The summed E-state index contributed by atoms with van der Waals surface area (Å²) in [6.07, 6.45) is 5.25. The van der Waals surface area contributed by atoms with Crippen LogP contribution < -0.4 is 5.32 Å². The zero-order valence-corrected chi connectivity index (χ0v) is 12.4. The number of nitrogens with zero attached hydrogens (tertiary/aromatic N) is 2. The molecule has 3 N–H and O–H groups in total. The van der Waals surface area contributed by atoms with Crippen LogP contribution in [0.5, 0.6) is 0 Å². The maximum atomic E-state index is 12.3. The summed E-state index contributed by atoms with van der Waals surface area (Å²) in [6.45, 7) is 4.73. The van der Waals surface area contributed by atoms with Crippen LogP contribution in [0, 0.1) is 5.92 Å². The predicted octanol–water partition coefficient (Wildman–Crippen LogP) is 1.24. The van der Waals surface area contributed by atoms with Crippen molar-refractivity contribution in [2.24, 2.45) is 5.92 Å². The number of carbonyl (C=O) groups excluding carboxylic acids is 1. The van der Waals surface area contributed by atoms with Crippen molar-refractivity contribution < 1.29 is 14.7 Å². The van der Waals surface area contributed by atoms with Crippen molar-refractivity contribution in [2.45, 2.75) is 45.2 Å². The maximum Gasteiger partial charge on any atom is 0.326 e. The number of hydrogen-bond acceptors (Lipinski definition) is 3. The summed E-state index contributed by atoms with van der Waals surface area (Å²) >= 11 is 0. The number of carbonyl (C=O) groups is 2. The summed E-state index contributed by atoms with van der Waals surface area (Å²) in [5, 5.41) is 11.9. The van der Waals surface area contributed by atoms with Gasteiger partial charge < -0.3 is 20.3 Å². The average Bonchev–Trinajstić information content (AvgIpc) is 3.12. The monoisotopic (exact) mass is 294 g/mol. The Morgan fingerprint density at radius 1 is 1.52 bits per heavy atom. The molecule has 116 valence electrons. The molecule has 1 heterocycles. The third-order valence-electron chi connectivity index (χ3n) is 3.39. The van der Waals surface area contributed by atoms with E-state index in [0.29, 0.717) is 18.2 Å².